The second-order valence-electron chi connectivity index (χ2n) is 8.06. The number of carboxylic acid groups (broad SMARTS) is 2. The fraction of sp³-hybridized carbons (Fsp3) is 0.750. The highest BCUT2D eigenvalue weighted by molar-refractivity contribution is 7.09. The SMILES string of the molecule is CC(C)C[C@H](N[C@@H](Cc1nc(CCC2CCCCC2)cs1)C(=O)O)C(=O)O. The number of carbonyl (C=O) groups is 2. The van der Waals surface area contributed by atoms with Gasteiger partial charge >= 0.3 is 11.9 Å². The van der Waals surface area contributed by atoms with Crippen molar-refractivity contribution in [3.8, 4) is 0 Å². The lowest BCUT2D eigenvalue weighted by atomic mass is 9.86. The van der Waals surface area contributed by atoms with Crippen LogP contribution in [-0.2, 0) is 22.4 Å². The molecule has 1 aliphatic rings. The molecule has 0 spiro atoms. The number of hydrogen-bond donors (Lipinski definition) is 3. The summed E-state index contributed by atoms with van der Waals surface area (Å²) in [6, 6.07) is -1.81. The summed E-state index contributed by atoms with van der Waals surface area (Å²) in [4.78, 5) is 27.6. The van der Waals surface area contributed by atoms with Gasteiger partial charge in [-0.3, -0.25) is 14.9 Å². The molecule has 0 saturated heterocycles. The third kappa shape index (κ3) is 7.58. The maximum absolute atomic E-state index is 11.6. The lowest BCUT2D eigenvalue weighted by Crippen LogP contribution is -2.48. The van der Waals surface area contributed by atoms with Gasteiger partial charge in [0, 0.05) is 11.8 Å². The zero-order valence-corrected chi connectivity index (χ0v) is 17.1. The lowest BCUT2D eigenvalue weighted by Gasteiger charge is -2.21. The number of aliphatic carboxylic acids is 2. The molecule has 27 heavy (non-hydrogen) atoms. The maximum atomic E-state index is 11.6. The highest BCUT2D eigenvalue weighted by atomic mass is 32.1. The molecule has 1 aromatic rings. The van der Waals surface area contributed by atoms with E-state index in [1.165, 1.54) is 43.4 Å². The molecule has 1 fully saturated rings. The molecule has 152 valence electrons. The predicted octanol–water partition coefficient (Wildman–Crippen LogP) is 3.74. The molecule has 1 aromatic heterocycles. The van der Waals surface area contributed by atoms with E-state index in [0.29, 0.717) is 6.42 Å². The molecule has 0 aliphatic heterocycles. The van der Waals surface area contributed by atoms with Crippen LogP contribution in [0.3, 0.4) is 0 Å². The molecular formula is C20H32N2O4S. The van der Waals surface area contributed by atoms with Crippen molar-refractivity contribution in [2.24, 2.45) is 11.8 Å². The van der Waals surface area contributed by atoms with E-state index in [0.717, 1.165) is 29.5 Å². The fourth-order valence-corrected chi connectivity index (χ4v) is 4.61. The number of rotatable bonds is 11. The van der Waals surface area contributed by atoms with Crippen LogP contribution in [0.15, 0.2) is 5.38 Å². The van der Waals surface area contributed by atoms with Crippen LogP contribution in [0, 0.1) is 11.8 Å². The van der Waals surface area contributed by atoms with Gasteiger partial charge in [-0.05, 0) is 31.1 Å². The summed E-state index contributed by atoms with van der Waals surface area (Å²) in [6.45, 7) is 3.85. The van der Waals surface area contributed by atoms with Crippen molar-refractivity contribution >= 4 is 23.3 Å². The Bertz CT molecular complexity index is 611. The molecule has 6 nitrogen and oxygen atoms in total. The molecule has 0 bridgehead atoms. The van der Waals surface area contributed by atoms with Crippen molar-refractivity contribution < 1.29 is 19.8 Å². The average Bonchev–Trinajstić information content (AvgIpc) is 3.06. The Kier molecular flexibility index (Phi) is 8.70. The first-order chi connectivity index (χ1) is 12.8. The first-order valence-electron chi connectivity index (χ1n) is 10.00. The number of nitrogens with one attached hydrogen (secondary N) is 1. The molecule has 7 heteroatoms. The van der Waals surface area contributed by atoms with Crippen molar-refractivity contribution in [3.05, 3.63) is 16.1 Å². The van der Waals surface area contributed by atoms with E-state index in [2.05, 4.69) is 10.3 Å². The second-order valence-corrected chi connectivity index (χ2v) is 9.00. The molecule has 1 saturated carbocycles. The smallest absolute Gasteiger partial charge is 0.321 e. The monoisotopic (exact) mass is 396 g/mol. The quantitative estimate of drug-likeness (QED) is 0.527. The van der Waals surface area contributed by atoms with Gasteiger partial charge in [-0.25, -0.2) is 4.98 Å². The molecule has 2 atom stereocenters. The number of aromatic nitrogens is 1. The standard InChI is InChI=1S/C20H32N2O4S/c1-13(2)10-16(19(23)24)22-17(20(25)26)11-18-21-15(12-27-18)9-8-14-6-4-3-5-7-14/h12-14,16-17,22H,3-11H2,1-2H3,(H,23,24)(H,25,26)/t16-,17-/m0/s1. The topological polar surface area (TPSA) is 99.5 Å². The maximum Gasteiger partial charge on any atom is 0.321 e. The lowest BCUT2D eigenvalue weighted by molar-refractivity contribution is -0.142. The minimum atomic E-state index is -1.04. The second kappa shape index (κ2) is 10.8. The molecule has 1 heterocycles. The van der Waals surface area contributed by atoms with E-state index < -0.39 is 24.0 Å². The summed E-state index contributed by atoms with van der Waals surface area (Å²) >= 11 is 1.47. The Morgan fingerprint density at radius 1 is 1.19 bits per heavy atom. The summed E-state index contributed by atoms with van der Waals surface area (Å²) in [5.41, 5.74) is 1.03. The Labute approximate surface area is 165 Å². The van der Waals surface area contributed by atoms with Gasteiger partial charge in [-0.15, -0.1) is 11.3 Å². The zero-order valence-electron chi connectivity index (χ0n) is 16.3. The molecule has 1 aliphatic carbocycles. The van der Waals surface area contributed by atoms with Crippen LogP contribution in [0.5, 0.6) is 0 Å². The van der Waals surface area contributed by atoms with E-state index in [1.807, 2.05) is 19.2 Å². The molecule has 2 rings (SSSR count). The van der Waals surface area contributed by atoms with Crippen LogP contribution in [0.2, 0.25) is 0 Å². The van der Waals surface area contributed by atoms with E-state index in [4.69, 9.17) is 0 Å². The van der Waals surface area contributed by atoms with Gasteiger partial charge in [0.2, 0.25) is 0 Å². The van der Waals surface area contributed by atoms with Crippen molar-refractivity contribution in [1.82, 2.24) is 10.3 Å². The summed E-state index contributed by atoms with van der Waals surface area (Å²) in [7, 11) is 0. The molecule has 0 radical (unpaired) electrons. The van der Waals surface area contributed by atoms with Crippen LogP contribution in [0.1, 0.15) is 69.5 Å². The Balaban J connectivity index is 1.90. The normalized spacial score (nSPS) is 17.7. The van der Waals surface area contributed by atoms with Gasteiger partial charge in [-0.1, -0.05) is 46.0 Å². The Morgan fingerprint density at radius 2 is 1.85 bits per heavy atom. The van der Waals surface area contributed by atoms with Crippen LogP contribution in [0.4, 0.5) is 0 Å². The third-order valence-corrected chi connectivity index (χ3v) is 6.14. The summed E-state index contributed by atoms with van der Waals surface area (Å²) in [5.74, 6) is -1.09. The Hall–Kier alpha value is -1.47. The third-order valence-electron chi connectivity index (χ3n) is 5.22. The van der Waals surface area contributed by atoms with Gasteiger partial charge < -0.3 is 10.2 Å². The zero-order chi connectivity index (χ0) is 19.8. The van der Waals surface area contributed by atoms with Crippen LogP contribution >= 0.6 is 11.3 Å². The largest absolute Gasteiger partial charge is 0.480 e. The Morgan fingerprint density at radius 3 is 2.44 bits per heavy atom. The minimum absolute atomic E-state index is 0.166. The van der Waals surface area contributed by atoms with E-state index >= 15 is 0 Å². The highest BCUT2D eigenvalue weighted by Gasteiger charge is 2.27. The highest BCUT2D eigenvalue weighted by Crippen LogP contribution is 2.27. The van der Waals surface area contributed by atoms with Crippen molar-refractivity contribution in [3.63, 3.8) is 0 Å². The van der Waals surface area contributed by atoms with Crippen molar-refractivity contribution in [2.45, 2.75) is 83.7 Å². The number of thiazole rings is 1. The summed E-state index contributed by atoms with van der Waals surface area (Å²) in [6.07, 6.45) is 9.35. The molecular weight excluding hydrogens is 364 g/mol. The first-order valence-corrected chi connectivity index (χ1v) is 10.9. The van der Waals surface area contributed by atoms with Gasteiger partial charge in [0.1, 0.15) is 12.1 Å². The summed E-state index contributed by atoms with van der Waals surface area (Å²) < 4.78 is 0. The first kappa shape index (κ1) is 21.8. The van der Waals surface area contributed by atoms with Gasteiger partial charge in [0.15, 0.2) is 0 Å². The van der Waals surface area contributed by atoms with Gasteiger partial charge in [0.05, 0.1) is 10.7 Å². The molecule has 0 amide bonds. The van der Waals surface area contributed by atoms with Crippen LogP contribution in [-0.4, -0.2) is 39.2 Å². The minimum Gasteiger partial charge on any atom is -0.480 e. The van der Waals surface area contributed by atoms with Gasteiger partial charge in [0.25, 0.3) is 0 Å². The summed E-state index contributed by atoms with van der Waals surface area (Å²) in [5, 5.41) is 24.4. The predicted molar refractivity (Wildman–Crippen MR) is 106 cm³/mol. The van der Waals surface area contributed by atoms with Crippen LogP contribution in [0.25, 0.3) is 0 Å². The number of nitrogens with zero attached hydrogens (tertiary/aromatic N) is 1. The molecule has 3 N–H and O–H groups in total. The average molecular weight is 397 g/mol. The fourth-order valence-electron chi connectivity index (χ4n) is 3.73. The van der Waals surface area contributed by atoms with E-state index in [-0.39, 0.29) is 12.3 Å². The molecule has 0 aromatic carbocycles. The van der Waals surface area contributed by atoms with Crippen LogP contribution < -0.4 is 5.32 Å². The number of hydrogen-bond acceptors (Lipinski definition) is 5. The van der Waals surface area contributed by atoms with Crippen molar-refractivity contribution in [2.75, 3.05) is 0 Å². The van der Waals surface area contributed by atoms with Crippen molar-refractivity contribution in [1.29, 1.82) is 0 Å². The van der Waals surface area contributed by atoms with E-state index in [1.54, 1.807) is 0 Å². The number of carboxylic acids is 2. The van der Waals surface area contributed by atoms with Gasteiger partial charge in [-0.2, -0.15) is 0 Å². The molecule has 0 unspecified atom stereocenters. The number of aryl methyl sites for hydroxylation is 1. The van der Waals surface area contributed by atoms with E-state index in [9.17, 15) is 19.8 Å².